The monoisotopic (exact) mass is 327 g/mol. The number of halogens is 2. The number of benzene rings is 1. The molecule has 24 heavy (non-hydrogen) atoms. The average molecular weight is 327 g/mol. The lowest BCUT2D eigenvalue weighted by molar-refractivity contribution is 0.536. The first-order valence-electron chi connectivity index (χ1n) is 7.05. The lowest BCUT2D eigenvalue weighted by atomic mass is 10.2. The highest BCUT2D eigenvalue weighted by atomic mass is 19.1. The van der Waals surface area contributed by atoms with Crippen LogP contribution in [0.25, 0.3) is 16.9 Å². The van der Waals surface area contributed by atoms with Crippen molar-refractivity contribution in [2.75, 3.05) is 5.73 Å². The van der Waals surface area contributed by atoms with Crippen molar-refractivity contribution in [2.24, 2.45) is 0 Å². The highest BCUT2D eigenvalue weighted by Crippen LogP contribution is 2.21. The Morgan fingerprint density at radius 1 is 1.04 bits per heavy atom. The van der Waals surface area contributed by atoms with E-state index in [9.17, 15) is 8.78 Å². The van der Waals surface area contributed by atoms with Crippen LogP contribution in [0.4, 0.5) is 14.7 Å². The molecule has 0 amide bonds. The van der Waals surface area contributed by atoms with Crippen LogP contribution in [0.5, 0.6) is 0 Å². The summed E-state index contributed by atoms with van der Waals surface area (Å²) in [5.41, 5.74) is 6.03. The van der Waals surface area contributed by atoms with Crippen LogP contribution < -0.4 is 5.73 Å². The van der Waals surface area contributed by atoms with Gasteiger partial charge in [-0.05, 0) is 18.2 Å². The minimum atomic E-state index is -0.645. The Bertz CT molecular complexity index is 1000. The van der Waals surface area contributed by atoms with Crippen molar-refractivity contribution in [1.29, 1.82) is 0 Å². The lowest BCUT2D eigenvalue weighted by Crippen LogP contribution is -2.09. The molecule has 0 saturated heterocycles. The number of rotatable bonds is 3. The summed E-state index contributed by atoms with van der Waals surface area (Å²) in [5, 5.41) is 8.86. The van der Waals surface area contributed by atoms with Crippen LogP contribution in [0.15, 0.2) is 42.9 Å². The molecule has 0 unspecified atom stereocenters. The molecule has 3 heterocycles. The van der Waals surface area contributed by atoms with Crippen LogP contribution in [-0.4, -0.2) is 29.5 Å². The first kappa shape index (κ1) is 14.2. The Labute approximate surface area is 134 Å². The number of nitrogens with zero attached hydrogens (tertiary/aromatic N) is 6. The van der Waals surface area contributed by atoms with E-state index in [0.29, 0.717) is 16.9 Å². The zero-order chi connectivity index (χ0) is 16.7. The van der Waals surface area contributed by atoms with Crippen molar-refractivity contribution < 1.29 is 8.78 Å². The predicted octanol–water partition coefficient (Wildman–Crippen LogP) is 1.92. The van der Waals surface area contributed by atoms with Crippen molar-refractivity contribution in [3.63, 3.8) is 0 Å². The second kappa shape index (κ2) is 5.37. The van der Waals surface area contributed by atoms with E-state index in [1.54, 1.807) is 18.5 Å². The molecule has 3 aromatic heterocycles. The highest BCUT2D eigenvalue weighted by Gasteiger charge is 2.16. The van der Waals surface area contributed by atoms with Gasteiger partial charge in [-0.3, -0.25) is 0 Å². The van der Waals surface area contributed by atoms with Crippen LogP contribution >= 0.6 is 0 Å². The summed E-state index contributed by atoms with van der Waals surface area (Å²) in [6, 6.07) is 5.44. The summed E-state index contributed by atoms with van der Waals surface area (Å²) >= 11 is 0. The molecular formula is C15H11F2N7. The summed E-state index contributed by atoms with van der Waals surface area (Å²) in [6.45, 7) is -0.114. The fraction of sp³-hybridized carbons (Fsp3) is 0.0667. The summed E-state index contributed by atoms with van der Waals surface area (Å²) < 4.78 is 30.6. The Balaban J connectivity index is 1.87. The molecule has 1 aromatic carbocycles. The van der Waals surface area contributed by atoms with E-state index < -0.39 is 11.6 Å². The molecule has 0 bridgehead atoms. The summed E-state index contributed by atoms with van der Waals surface area (Å²) in [5.74, 6) is -0.826. The predicted molar refractivity (Wildman–Crippen MR) is 82.3 cm³/mol. The molecule has 9 heteroatoms. The molecule has 4 rings (SSSR count). The number of anilines is 1. The number of aromatic nitrogens is 6. The maximum Gasteiger partial charge on any atom is 0.224 e. The van der Waals surface area contributed by atoms with Gasteiger partial charge in [-0.25, -0.2) is 18.1 Å². The minimum absolute atomic E-state index is 0.0174. The van der Waals surface area contributed by atoms with Gasteiger partial charge in [-0.15, -0.1) is 0 Å². The van der Waals surface area contributed by atoms with E-state index in [2.05, 4.69) is 20.2 Å². The van der Waals surface area contributed by atoms with Gasteiger partial charge in [0, 0.05) is 18.0 Å². The first-order valence-corrected chi connectivity index (χ1v) is 7.05. The fourth-order valence-corrected chi connectivity index (χ4v) is 2.47. The van der Waals surface area contributed by atoms with Crippen LogP contribution in [0, 0.1) is 11.6 Å². The van der Waals surface area contributed by atoms with Gasteiger partial charge in [-0.2, -0.15) is 20.2 Å². The quantitative estimate of drug-likeness (QED) is 0.621. The molecule has 120 valence electrons. The molecule has 4 aromatic rings. The third kappa shape index (κ3) is 2.26. The van der Waals surface area contributed by atoms with Crippen molar-refractivity contribution in [3.05, 3.63) is 60.1 Å². The van der Waals surface area contributed by atoms with E-state index in [1.807, 2.05) is 0 Å². The van der Waals surface area contributed by atoms with Crippen molar-refractivity contribution in [1.82, 2.24) is 29.5 Å². The molecule has 2 N–H and O–H groups in total. The third-order valence-corrected chi connectivity index (χ3v) is 3.58. The molecular weight excluding hydrogens is 316 g/mol. The molecule has 0 aliphatic heterocycles. The molecule has 0 aliphatic carbocycles. The van der Waals surface area contributed by atoms with Crippen LogP contribution in [0.2, 0.25) is 0 Å². The summed E-state index contributed by atoms with van der Waals surface area (Å²) in [7, 11) is 0. The van der Waals surface area contributed by atoms with Gasteiger partial charge in [0.1, 0.15) is 11.6 Å². The van der Waals surface area contributed by atoms with E-state index >= 15 is 0 Å². The molecule has 0 fully saturated rings. The Morgan fingerprint density at radius 2 is 1.83 bits per heavy atom. The van der Waals surface area contributed by atoms with Gasteiger partial charge in [0.2, 0.25) is 5.95 Å². The van der Waals surface area contributed by atoms with Crippen molar-refractivity contribution in [3.8, 4) is 5.82 Å². The van der Waals surface area contributed by atoms with Gasteiger partial charge >= 0.3 is 0 Å². The lowest BCUT2D eigenvalue weighted by Gasteiger charge is -2.07. The van der Waals surface area contributed by atoms with Crippen molar-refractivity contribution in [2.45, 2.75) is 6.54 Å². The second-order valence-electron chi connectivity index (χ2n) is 5.10. The largest absolute Gasteiger partial charge is 0.368 e. The standard InChI is InChI=1S/C15H11F2N7/c16-11-3-1-4-12(17)10(11)8-24-14-9(7-20-24)13(21-15(18)22-14)23-6-2-5-19-23/h1-7H,8H2,(H2,18,21,22). The SMILES string of the molecule is Nc1nc(-n2cccn2)c2cnn(Cc3c(F)cccc3F)c2n1. The third-order valence-electron chi connectivity index (χ3n) is 3.58. The topological polar surface area (TPSA) is 87.4 Å². The first-order chi connectivity index (χ1) is 11.6. The van der Waals surface area contributed by atoms with Crippen molar-refractivity contribution >= 4 is 17.0 Å². The molecule has 7 nitrogen and oxygen atoms in total. The fourth-order valence-electron chi connectivity index (χ4n) is 2.47. The number of fused-ring (bicyclic) bond motifs is 1. The number of hydrogen-bond donors (Lipinski definition) is 1. The van der Waals surface area contributed by atoms with E-state index in [1.165, 1.54) is 33.8 Å². The second-order valence-corrected chi connectivity index (χ2v) is 5.10. The normalized spacial score (nSPS) is 11.2. The summed E-state index contributed by atoms with van der Waals surface area (Å²) in [6.07, 6.45) is 4.82. The van der Waals surface area contributed by atoms with Gasteiger partial charge < -0.3 is 5.73 Å². The average Bonchev–Trinajstić information content (AvgIpc) is 3.20. The summed E-state index contributed by atoms with van der Waals surface area (Å²) in [4.78, 5) is 8.31. The Hall–Kier alpha value is -3.36. The minimum Gasteiger partial charge on any atom is -0.368 e. The maximum absolute atomic E-state index is 13.9. The molecule has 0 atom stereocenters. The van der Waals surface area contributed by atoms with E-state index in [-0.39, 0.29) is 18.1 Å². The van der Waals surface area contributed by atoms with E-state index in [4.69, 9.17) is 5.73 Å². The van der Waals surface area contributed by atoms with Crippen LogP contribution in [0.1, 0.15) is 5.56 Å². The number of nitrogen functional groups attached to an aromatic ring is 1. The molecule has 0 aliphatic rings. The molecule has 0 radical (unpaired) electrons. The van der Waals surface area contributed by atoms with Gasteiger partial charge in [0.25, 0.3) is 0 Å². The Morgan fingerprint density at radius 3 is 2.54 bits per heavy atom. The number of hydrogen-bond acceptors (Lipinski definition) is 5. The van der Waals surface area contributed by atoms with Crippen LogP contribution in [0.3, 0.4) is 0 Å². The van der Waals surface area contributed by atoms with Gasteiger partial charge in [0.15, 0.2) is 11.5 Å². The van der Waals surface area contributed by atoms with E-state index in [0.717, 1.165) is 0 Å². The number of nitrogens with two attached hydrogens (primary N) is 1. The molecule has 0 saturated carbocycles. The smallest absolute Gasteiger partial charge is 0.224 e. The van der Waals surface area contributed by atoms with Gasteiger partial charge in [-0.1, -0.05) is 6.07 Å². The molecule has 0 spiro atoms. The maximum atomic E-state index is 13.9. The van der Waals surface area contributed by atoms with Crippen LogP contribution in [-0.2, 0) is 6.54 Å². The zero-order valence-electron chi connectivity index (χ0n) is 12.3. The highest BCUT2D eigenvalue weighted by molar-refractivity contribution is 5.83. The van der Waals surface area contributed by atoms with Gasteiger partial charge in [0.05, 0.1) is 18.1 Å². The zero-order valence-corrected chi connectivity index (χ0v) is 12.3. The Kier molecular flexibility index (Phi) is 3.19.